The van der Waals surface area contributed by atoms with Crippen LogP contribution >= 0.6 is 0 Å². The molecule has 0 amide bonds. The summed E-state index contributed by atoms with van der Waals surface area (Å²) < 4.78 is 0. The predicted molar refractivity (Wildman–Crippen MR) is 78.5 cm³/mol. The summed E-state index contributed by atoms with van der Waals surface area (Å²) in [4.78, 5) is 4.91. The lowest BCUT2D eigenvalue weighted by molar-refractivity contribution is 0.224. The second-order valence-corrected chi connectivity index (χ2v) is 4.69. The van der Waals surface area contributed by atoms with E-state index in [1.165, 1.54) is 13.0 Å². The lowest BCUT2D eigenvalue weighted by atomic mass is 10.2. The van der Waals surface area contributed by atoms with E-state index in [0.717, 1.165) is 31.8 Å². The fraction of sp³-hybridized carbons (Fsp3) is 0.800. The summed E-state index contributed by atoms with van der Waals surface area (Å²) in [6.45, 7) is 15.8. The molecule has 18 heavy (non-hydrogen) atoms. The van der Waals surface area contributed by atoms with E-state index in [0.29, 0.717) is 6.04 Å². The van der Waals surface area contributed by atoms with Crippen LogP contribution in [0.4, 0.5) is 0 Å². The molecule has 3 nitrogen and oxygen atoms in total. The molecule has 0 aromatic carbocycles. The van der Waals surface area contributed by atoms with Crippen LogP contribution in [0, 0.1) is 11.3 Å². The summed E-state index contributed by atoms with van der Waals surface area (Å²) in [7, 11) is 0. The second-order valence-electron chi connectivity index (χ2n) is 4.69. The van der Waals surface area contributed by atoms with E-state index in [1.54, 1.807) is 0 Å². The van der Waals surface area contributed by atoms with Gasteiger partial charge in [-0.3, -0.25) is 9.80 Å². The first-order valence-corrected chi connectivity index (χ1v) is 7.19. The molecule has 0 N–H and O–H groups in total. The van der Waals surface area contributed by atoms with Gasteiger partial charge >= 0.3 is 0 Å². The summed E-state index contributed by atoms with van der Waals surface area (Å²) in [5.74, 6) is 0. The average Bonchev–Trinajstić information content (AvgIpc) is 2.63. The van der Waals surface area contributed by atoms with Crippen LogP contribution in [-0.4, -0.2) is 48.6 Å². The van der Waals surface area contributed by atoms with Gasteiger partial charge in [-0.2, -0.15) is 5.26 Å². The Labute approximate surface area is 113 Å². The minimum Gasteiger partial charge on any atom is -0.300 e. The Morgan fingerprint density at radius 1 is 1.22 bits per heavy atom. The van der Waals surface area contributed by atoms with E-state index in [-0.39, 0.29) is 0 Å². The minimum absolute atomic E-state index is 0.636. The van der Waals surface area contributed by atoms with Gasteiger partial charge in [0.2, 0.25) is 0 Å². The Morgan fingerprint density at radius 3 is 2.39 bits per heavy atom. The van der Waals surface area contributed by atoms with Crippen LogP contribution in [0.1, 0.15) is 41.0 Å². The maximum absolute atomic E-state index is 8.91. The van der Waals surface area contributed by atoms with Crippen molar-refractivity contribution in [2.24, 2.45) is 0 Å². The van der Waals surface area contributed by atoms with Gasteiger partial charge in [0.25, 0.3) is 0 Å². The summed E-state index contributed by atoms with van der Waals surface area (Å²) in [5, 5.41) is 8.91. The highest BCUT2D eigenvalue weighted by Gasteiger charge is 2.16. The molecule has 1 rings (SSSR count). The largest absolute Gasteiger partial charge is 0.300 e. The number of nitrogens with zero attached hydrogens (tertiary/aromatic N) is 3. The van der Waals surface area contributed by atoms with Crippen LogP contribution in [-0.2, 0) is 0 Å². The van der Waals surface area contributed by atoms with Crippen LogP contribution in [0.3, 0.4) is 0 Å². The molecule has 1 aliphatic heterocycles. The first kappa shape index (κ1) is 17.2. The molecule has 0 aromatic heterocycles. The Morgan fingerprint density at radius 2 is 1.89 bits per heavy atom. The van der Waals surface area contributed by atoms with E-state index in [1.807, 2.05) is 26.8 Å². The quantitative estimate of drug-likeness (QED) is 0.723. The molecule has 0 bridgehead atoms. The molecule has 1 saturated heterocycles. The van der Waals surface area contributed by atoms with Crippen molar-refractivity contribution in [3.63, 3.8) is 0 Å². The molecule has 0 saturated carbocycles. The van der Waals surface area contributed by atoms with Crippen LogP contribution in [0.15, 0.2) is 11.6 Å². The van der Waals surface area contributed by atoms with Crippen LogP contribution < -0.4 is 0 Å². The topological polar surface area (TPSA) is 30.3 Å². The zero-order chi connectivity index (χ0) is 14.0. The molecular formula is C15H29N3. The maximum atomic E-state index is 8.91. The maximum Gasteiger partial charge on any atom is 0.0957 e. The summed E-state index contributed by atoms with van der Waals surface area (Å²) in [6.07, 6.45) is 3.13. The highest BCUT2D eigenvalue weighted by molar-refractivity contribution is 5.21. The standard InChI is InChI=1S/C13H23N3.C2H6/c1-4-13(10-14)11-15-6-5-7-16(9-8-15)12(2)3;1-2/h4,12H,5-9,11H2,1-3H3;1-2H3/b13-4+;. The Hall–Kier alpha value is -0.850. The van der Waals surface area contributed by atoms with E-state index in [2.05, 4.69) is 29.7 Å². The summed E-state index contributed by atoms with van der Waals surface area (Å²) in [5.41, 5.74) is 0.887. The first-order valence-electron chi connectivity index (χ1n) is 7.19. The number of hydrogen-bond donors (Lipinski definition) is 0. The summed E-state index contributed by atoms with van der Waals surface area (Å²) in [6, 6.07) is 2.90. The Bertz CT molecular complexity index is 276. The van der Waals surface area contributed by atoms with Gasteiger partial charge in [-0.25, -0.2) is 0 Å². The van der Waals surface area contributed by atoms with Gasteiger partial charge in [0.15, 0.2) is 0 Å². The molecule has 0 unspecified atom stereocenters. The minimum atomic E-state index is 0.636. The molecule has 0 aromatic rings. The lowest BCUT2D eigenvalue weighted by Gasteiger charge is -2.24. The van der Waals surface area contributed by atoms with Crippen molar-refractivity contribution in [1.29, 1.82) is 5.26 Å². The molecule has 1 heterocycles. The molecule has 0 radical (unpaired) electrons. The number of nitriles is 1. The van der Waals surface area contributed by atoms with Gasteiger partial charge in [-0.05, 0) is 40.3 Å². The molecule has 0 spiro atoms. The molecule has 3 heteroatoms. The van der Waals surface area contributed by atoms with Gasteiger partial charge in [0.05, 0.1) is 6.07 Å². The third kappa shape index (κ3) is 6.18. The van der Waals surface area contributed by atoms with Gasteiger partial charge in [0, 0.05) is 31.2 Å². The molecule has 0 atom stereocenters. The fourth-order valence-electron chi connectivity index (χ4n) is 2.10. The first-order chi connectivity index (χ1) is 8.67. The molecule has 104 valence electrons. The Kier molecular flexibility index (Phi) is 9.63. The van der Waals surface area contributed by atoms with Crippen LogP contribution in [0.25, 0.3) is 0 Å². The van der Waals surface area contributed by atoms with Crippen molar-refractivity contribution >= 4 is 0 Å². The van der Waals surface area contributed by atoms with Crippen molar-refractivity contribution < 1.29 is 0 Å². The number of rotatable bonds is 3. The number of hydrogen-bond acceptors (Lipinski definition) is 3. The third-order valence-electron chi connectivity index (χ3n) is 3.24. The van der Waals surface area contributed by atoms with Crippen molar-refractivity contribution in [2.75, 3.05) is 32.7 Å². The van der Waals surface area contributed by atoms with Gasteiger partial charge < -0.3 is 0 Å². The zero-order valence-corrected chi connectivity index (χ0v) is 12.7. The second kappa shape index (κ2) is 10.1. The average molecular weight is 251 g/mol. The van der Waals surface area contributed by atoms with Crippen LogP contribution in [0.2, 0.25) is 0 Å². The van der Waals surface area contributed by atoms with E-state index >= 15 is 0 Å². The van der Waals surface area contributed by atoms with E-state index in [9.17, 15) is 0 Å². The fourth-order valence-corrected chi connectivity index (χ4v) is 2.10. The van der Waals surface area contributed by atoms with Crippen molar-refractivity contribution in [1.82, 2.24) is 9.80 Å². The normalized spacial score (nSPS) is 18.8. The van der Waals surface area contributed by atoms with Crippen molar-refractivity contribution in [3.8, 4) is 6.07 Å². The van der Waals surface area contributed by atoms with Gasteiger partial charge in [-0.1, -0.05) is 19.9 Å². The van der Waals surface area contributed by atoms with Gasteiger partial charge in [0.1, 0.15) is 0 Å². The van der Waals surface area contributed by atoms with Crippen molar-refractivity contribution in [2.45, 2.75) is 47.1 Å². The molecular weight excluding hydrogens is 222 g/mol. The highest BCUT2D eigenvalue weighted by Crippen LogP contribution is 2.08. The molecule has 0 aliphatic carbocycles. The van der Waals surface area contributed by atoms with E-state index < -0.39 is 0 Å². The summed E-state index contributed by atoms with van der Waals surface area (Å²) >= 11 is 0. The number of allylic oxidation sites excluding steroid dienone is 1. The predicted octanol–water partition coefficient (Wildman–Crippen LogP) is 2.90. The SMILES string of the molecule is C/C=C(\C#N)CN1CCCN(C(C)C)CC1.CC. The molecule has 1 aliphatic rings. The Balaban J connectivity index is 0.00000137. The van der Waals surface area contributed by atoms with Crippen LogP contribution in [0.5, 0.6) is 0 Å². The van der Waals surface area contributed by atoms with E-state index in [4.69, 9.17) is 5.26 Å². The third-order valence-corrected chi connectivity index (χ3v) is 3.24. The highest BCUT2D eigenvalue weighted by atomic mass is 15.2. The lowest BCUT2D eigenvalue weighted by Crippen LogP contribution is -2.35. The van der Waals surface area contributed by atoms with Crippen molar-refractivity contribution in [3.05, 3.63) is 11.6 Å². The smallest absolute Gasteiger partial charge is 0.0957 e. The zero-order valence-electron chi connectivity index (χ0n) is 12.7. The van der Waals surface area contributed by atoms with Gasteiger partial charge in [-0.15, -0.1) is 0 Å². The monoisotopic (exact) mass is 251 g/mol. The molecule has 1 fully saturated rings.